The number of hydrogen-bond donors (Lipinski definition) is 0. The van der Waals surface area contributed by atoms with Gasteiger partial charge in [0, 0.05) is 0 Å². The molecule has 0 amide bonds. The molecule has 0 N–H and O–H groups in total. The van der Waals surface area contributed by atoms with Crippen molar-refractivity contribution < 1.29 is 0 Å². The van der Waals surface area contributed by atoms with Crippen LogP contribution in [0.2, 0.25) is 19.6 Å². The first kappa shape index (κ1) is 24.6. The van der Waals surface area contributed by atoms with Crippen LogP contribution >= 0.6 is 0 Å². The Morgan fingerprint density at radius 2 is 2.00 bits per heavy atom. The molecule has 0 nitrogen and oxygen atoms in total. The Labute approximate surface area is 177 Å². The van der Waals surface area contributed by atoms with Crippen LogP contribution in [0.4, 0.5) is 0 Å². The number of rotatable bonds is 8. The highest BCUT2D eigenvalue weighted by molar-refractivity contribution is 6.83. The van der Waals surface area contributed by atoms with E-state index < -0.39 is 8.07 Å². The Morgan fingerprint density at radius 3 is 2.46 bits per heavy atom. The van der Waals surface area contributed by atoms with E-state index in [0.29, 0.717) is 11.8 Å². The van der Waals surface area contributed by atoms with Gasteiger partial charge in [-0.15, -0.1) is 12.0 Å². The summed E-state index contributed by atoms with van der Waals surface area (Å²) in [5, 5.41) is 0. The van der Waals surface area contributed by atoms with E-state index >= 15 is 0 Å². The molecule has 1 unspecified atom stereocenters. The third-order valence-electron chi connectivity index (χ3n) is 6.24. The second-order valence-corrected chi connectivity index (χ2v) is 15.2. The van der Waals surface area contributed by atoms with Crippen LogP contribution in [-0.2, 0) is 0 Å². The molecular formula is C27H42Si. The predicted octanol–water partition coefficient (Wildman–Crippen LogP) is 7.81. The second-order valence-electron chi connectivity index (χ2n) is 10.4. The fourth-order valence-corrected chi connectivity index (χ4v) is 5.05. The highest BCUT2D eigenvalue weighted by atomic mass is 28.3. The lowest BCUT2D eigenvalue weighted by Crippen LogP contribution is -2.31. The van der Waals surface area contributed by atoms with Crippen LogP contribution in [0.3, 0.4) is 0 Å². The summed E-state index contributed by atoms with van der Waals surface area (Å²) in [6, 6.07) is 0. The van der Waals surface area contributed by atoms with Crippen molar-refractivity contribution in [2.75, 3.05) is 0 Å². The molecule has 0 saturated carbocycles. The Hall–Kier alpha value is -1.44. The monoisotopic (exact) mass is 394 g/mol. The minimum Gasteiger partial charge on any atom is -0.130 e. The quantitative estimate of drug-likeness (QED) is 0.224. The molecule has 0 aromatic heterocycles. The van der Waals surface area contributed by atoms with Crippen LogP contribution in [0.15, 0.2) is 36.0 Å². The molecule has 0 aromatic rings. The lowest BCUT2D eigenvalue weighted by atomic mass is 9.65. The summed E-state index contributed by atoms with van der Waals surface area (Å²) in [4.78, 5) is 0. The van der Waals surface area contributed by atoms with E-state index in [9.17, 15) is 0 Å². The minimum absolute atomic E-state index is 0.148. The van der Waals surface area contributed by atoms with Crippen LogP contribution in [0.5, 0.6) is 0 Å². The van der Waals surface area contributed by atoms with Gasteiger partial charge in [0.25, 0.3) is 0 Å². The molecule has 1 rings (SSSR count). The molecule has 0 saturated heterocycles. The minimum atomic E-state index is -1.47. The maximum atomic E-state index is 6.15. The first-order valence-corrected chi connectivity index (χ1v) is 14.4. The SMILES string of the molecule is C#CC(C#C[Si](C)(C)C)(CCC=C(C)C)CC[C@@]1(C)C(C=C)=CC[C@@H]1C(C)C. The van der Waals surface area contributed by atoms with Crippen molar-refractivity contribution in [1.82, 2.24) is 0 Å². The predicted molar refractivity (Wildman–Crippen MR) is 130 cm³/mol. The zero-order chi connectivity index (χ0) is 21.6. The first-order chi connectivity index (χ1) is 12.9. The Morgan fingerprint density at radius 1 is 1.36 bits per heavy atom. The highest BCUT2D eigenvalue weighted by Gasteiger charge is 2.42. The second kappa shape index (κ2) is 9.85. The first-order valence-electron chi connectivity index (χ1n) is 10.9. The summed E-state index contributed by atoms with van der Waals surface area (Å²) in [5.74, 6) is 8.07. The normalized spacial score (nSPS) is 23.9. The van der Waals surface area contributed by atoms with Crippen molar-refractivity contribution >= 4 is 8.07 Å². The number of hydrogen-bond acceptors (Lipinski definition) is 0. The molecule has 3 atom stereocenters. The summed E-state index contributed by atoms with van der Waals surface area (Å²) in [6.45, 7) is 22.4. The third kappa shape index (κ3) is 6.57. The summed E-state index contributed by atoms with van der Waals surface area (Å²) in [7, 11) is -1.47. The molecule has 1 aliphatic carbocycles. The molecule has 1 aliphatic rings. The highest BCUT2D eigenvalue weighted by Crippen LogP contribution is 2.52. The van der Waals surface area contributed by atoms with E-state index in [1.807, 2.05) is 0 Å². The van der Waals surface area contributed by atoms with Crippen molar-refractivity contribution in [1.29, 1.82) is 0 Å². The zero-order valence-electron chi connectivity index (χ0n) is 19.7. The molecule has 0 bridgehead atoms. The van der Waals surface area contributed by atoms with E-state index in [1.165, 1.54) is 11.1 Å². The van der Waals surface area contributed by atoms with Gasteiger partial charge in [0.05, 0.1) is 5.41 Å². The van der Waals surface area contributed by atoms with Gasteiger partial charge in [-0.1, -0.05) is 82.6 Å². The molecular weight excluding hydrogens is 352 g/mol. The smallest absolute Gasteiger partial charge is 0.129 e. The Kier molecular flexibility index (Phi) is 8.65. The Bertz CT molecular complexity index is 706. The van der Waals surface area contributed by atoms with Gasteiger partial charge in [-0.2, -0.15) is 0 Å². The zero-order valence-corrected chi connectivity index (χ0v) is 20.7. The fourth-order valence-electron chi connectivity index (χ4n) is 4.43. The van der Waals surface area contributed by atoms with Crippen molar-refractivity contribution in [2.24, 2.45) is 22.7 Å². The lowest BCUT2D eigenvalue weighted by molar-refractivity contribution is 0.172. The molecule has 0 heterocycles. The van der Waals surface area contributed by atoms with E-state index in [-0.39, 0.29) is 10.8 Å². The van der Waals surface area contributed by atoms with Gasteiger partial charge in [-0.25, -0.2) is 0 Å². The van der Waals surface area contributed by atoms with Gasteiger partial charge in [0.15, 0.2) is 0 Å². The van der Waals surface area contributed by atoms with Gasteiger partial charge in [-0.3, -0.25) is 0 Å². The topological polar surface area (TPSA) is 0 Å². The number of terminal acetylenes is 1. The van der Waals surface area contributed by atoms with Crippen LogP contribution in [-0.4, -0.2) is 8.07 Å². The molecule has 0 spiro atoms. The van der Waals surface area contributed by atoms with Crippen molar-refractivity contribution in [2.45, 2.75) is 86.4 Å². The molecule has 154 valence electrons. The third-order valence-corrected chi connectivity index (χ3v) is 7.12. The van der Waals surface area contributed by atoms with Crippen molar-refractivity contribution in [3.63, 3.8) is 0 Å². The maximum Gasteiger partial charge on any atom is 0.129 e. The average molecular weight is 395 g/mol. The lowest BCUT2D eigenvalue weighted by Gasteiger charge is -2.39. The van der Waals surface area contributed by atoms with E-state index in [4.69, 9.17) is 6.42 Å². The van der Waals surface area contributed by atoms with Crippen molar-refractivity contribution in [3.8, 4) is 23.8 Å². The van der Waals surface area contributed by atoms with Crippen molar-refractivity contribution in [3.05, 3.63) is 36.0 Å². The van der Waals surface area contributed by atoms with Gasteiger partial charge in [-0.05, 0) is 68.8 Å². The molecule has 0 aromatic carbocycles. The largest absolute Gasteiger partial charge is 0.130 e. The average Bonchev–Trinajstić information content (AvgIpc) is 2.93. The number of allylic oxidation sites excluding steroid dienone is 5. The van der Waals surface area contributed by atoms with Gasteiger partial charge in [0.2, 0.25) is 0 Å². The molecule has 1 heteroatoms. The fraction of sp³-hybridized carbons (Fsp3) is 0.630. The molecule has 28 heavy (non-hydrogen) atoms. The summed E-state index contributed by atoms with van der Waals surface area (Å²) < 4.78 is 0. The summed E-state index contributed by atoms with van der Waals surface area (Å²) in [6.07, 6.45) is 18.0. The van der Waals surface area contributed by atoms with E-state index in [1.54, 1.807) is 0 Å². The van der Waals surface area contributed by atoms with E-state index in [0.717, 1.165) is 32.1 Å². The van der Waals surface area contributed by atoms with E-state index in [2.05, 4.69) is 96.5 Å². The van der Waals surface area contributed by atoms with Crippen LogP contribution in [0, 0.1) is 46.5 Å². The molecule has 0 radical (unpaired) electrons. The van der Waals surface area contributed by atoms with Gasteiger partial charge >= 0.3 is 0 Å². The van der Waals surface area contributed by atoms with Gasteiger partial charge in [0.1, 0.15) is 8.07 Å². The molecule has 0 fully saturated rings. The van der Waals surface area contributed by atoms with Gasteiger partial charge < -0.3 is 0 Å². The van der Waals surface area contributed by atoms with Crippen LogP contribution in [0.25, 0.3) is 0 Å². The molecule has 0 aliphatic heterocycles. The van der Waals surface area contributed by atoms with Crippen LogP contribution in [0.1, 0.15) is 66.7 Å². The standard InChI is InChI=1S/C27H42Si/c1-11-24-15-16-25(23(5)6)26(24,7)18-19-27(12-2,17-13-14-22(3)4)20-21-28(8,9)10/h2,11,14-15,23,25H,1,13,16-19H2,3-10H3/t25-,26+,27?/m1/s1. The summed E-state index contributed by atoms with van der Waals surface area (Å²) >= 11 is 0. The van der Waals surface area contributed by atoms with Crippen LogP contribution < -0.4 is 0 Å². The maximum absolute atomic E-state index is 6.15. The Balaban J connectivity index is 3.18. The summed E-state index contributed by atoms with van der Waals surface area (Å²) in [5.41, 5.74) is 6.16.